The van der Waals surface area contributed by atoms with Crippen LogP contribution in [-0.2, 0) is 10.3 Å². The van der Waals surface area contributed by atoms with Crippen molar-refractivity contribution in [1.82, 2.24) is 5.32 Å². The molecule has 1 fully saturated rings. The molecule has 0 unspecified atom stereocenters. The van der Waals surface area contributed by atoms with Crippen molar-refractivity contribution < 1.29 is 4.79 Å². The van der Waals surface area contributed by atoms with Gasteiger partial charge < -0.3 is 5.32 Å². The van der Waals surface area contributed by atoms with Gasteiger partial charge in [0.15, 0.2) is 0 Å². The van der Waals surface area contributed by atoms with Gasteiger partial charge >= 0.3 is 0 Å². The maximum atomic E-state index is 12.2. The molecule has 0 aliphatic heterocycles. The minimum absolute atomic E-state index is 0.0384. The summed E-state index contributed by atoms with van der Waals surface area (Å²) in [6.07, 6.45) is 6.00. The van der Waals surface area contributed by atoms with Crippen LogP contribution in [0.25, 0.3) is 0 Å². The van der Waals surface area contributed by atoms with E-state index in [1.165, 1.54) is 0 Å². The second-order valence-electron chi connectivity index (χ2n) is 5.19. The molecule has 1 N–H and O–H groups in total. The SMILES string of the molecule is CC/C=C(/C)C(=O)NC1(c2ccc(Cl)cc2)CCC1. The second kappa shape index (κ2) is 5.79. The summed E-state index contributed by atoms with van der Waals surface area (Å²) >= 11 is 5.92. The molecule has 102 valence electrons. The maximum Gasteiger partial charge on any atom is 0.247 e. The predicted octanol–water partition coefficient (Wildman–Crippen LogP) is 4.19. The average Bonchev–Trinajstić information content (AvgIpc) is 2.35. The first kappa shape index (κ1) is 14.1. The number of halogens is 1. The van der Waals surface area contributed by atoms with Crippen molar-refractivity contribution in [1.29, 1.82) is 0 Å². The third kappa shape index (κ3) is 3.01. The first-order valence-corrected chi connectivity index (χ1v) is 7.20. The molecule has 2 nitrogen and oxygen atoms in total. The van der Waals surface area contributed by atoms with Crippen LogP contribution in [0.2, 0.25) is 5.02 Å². The monoisotopic (exact) mass is 277 g/mol. The Balaban J connectivity index is 2.17. The number of hydrogen-bond donors (Lipinski definition) is 1. The van der Waals surface area contributed by atoms with Gasteiger partial charge in [0.1, 0.15) is 0 Å². The Morgan fingerprint density at radius 3 is 2.47 bits per heavy atom. The number of benzene rings is 1. The number of rotatable bonds is 4. The second-order valence-corrected chi connectivity index (χ2v) is 5.63. The van der Waals surface area contributed by atoms with Gasteiger partial charge in [-0.25, -0.2) is 0 Å². The first-order chi connectivity index (χ1) is 9.07. The summed E-state index contributed by atoms with van der Waals surface area (Å²) in [4.78, 5) is 12.2. The molecule has 0 radical (unpaired) electrons. The van der Waals surface area contributed by atoms with E-state index >= 15 is 0 Å². The molecule has 0 bridgehead atoms. The number of carbonyl (C=O) groups excluding carboxylic acids is 1. The zero-order valence-corrected chi connectivity index (χ0v) is 12.3. The molecule has 19 heavy (non-hydrogen) atoms. The fraction of sp³-hybridized carbons (Fsp3) is 0.438. The van der Waals surface area contributed by atoms with E-state index in [0.29, 0.717) is 0 Å². The van der Waals surface area contributed by atoms with Gasteiger partial charge in [-0.15, -0.1) is 0 Å². The Morgan fingerprint density at radius 2 is 2.00 bits per heavy atom. The van der Waals surface area contributed by atoms with Gasteiger partial charge in [0.05, 0.1) is 5.54 Å². The molecule has 1 amide bonds. The van der Waals surface area contributed by atoms with E-state index in [1.54, 1.807) is 0 Å². The summed E-state index contributed by atoms with van der Waals surface area (Å²) < 4.78 is 0. The van der Waals surface area contributed by atoms with Crippen LogP contribution >= 0.6 is 11.6 Å². The molecule has 1 aliphatic rings. The minimum atomic E-state index is -0.190. The van der Waals surface area contributed by atoms with Gasteiger partial charge in [-0.05, 0) is 50.3 Å². The summed E-state index contributed by atoms with van der Waals surface area (Å²) in [5.74, 6) is 0.0384. The molecule has 0 atom stereocenters. The van der Waals surface area contributed by atoms with Crippen molar-refractivity contribution in [2.24, 2.45) is 0 Å². The van der Waals surface area contributed by atoms with E-state index < -0.39 is 0 Å². The summed E-state index contributed by atoms with van der Waals surface area (Å²) in [6, 6.07) is 7.80. The van der Waals surface area contributed by atoms with E-state index in [9.17, 15) is 4.79 Å². The highest BCUT2D eigenvalue weighted by molar-refractivity contribution is 6.30. The van der Waals surface area contributed by atoms with E-state index in [1.807, 2.05) is 44.2 Å². The lowest BCUT2D eigenvalue weighted by molar-refractivity contribution is -0.120. The Hall–Kier alpha value is -1.28. The largest absolute Gasteiger partial charge is 0.343 e. The normalized spacial score (nSPS) is 17.7. The highest BCUT2D eigenvalue weighted by Gasteiger charge is 2.40. The summed E-state index contributed by atoms with van der Waals surface area (Å²) in [5, 5.41) is 3.93. The van der Waals surface area contributed by atoms with Crippen molar-refractivity contribution >= 4 is 17.5 Å². The molecule has 1 saturated carbocycles. The molecule has 3 heteroatoms. The molecule has 0 saturated heterocycles. The first-order valence-electron chi connectivity index (χ1n) is 6.83. The van der Waals surface area contributed by atoms with Gasteiger partial charge in [0.25, 0.3) is 0 Å². The molecule has 2 rings (SSSR count). The molecular formula is C16H20ClNO. The van der Waals surface area contributed by atoms with Crippen LogP contribution in [0.5, 0.6) is 0 Å². The molecule has 1 aromatic carbocycles. The van der Waals surface area contributed by atoms with Crippen molar-refractivity contribution in [2.45, 2.75) is 45.1 Å². The highest BCUT2D eigenvalue weighted by Crippen LogP contribution is 2.41. The zero-order chi connectivity index (χ0) is 13.9. The lowest BCUT2D eigenvalue weighted by Gasteiger charge is -2.43. The molecule has 0 spiro atoms. The average molecular weight is 278 g/mol. The van der Waals surface area contributed by atoms with Crippen LogP contribution in [0.15, 0.2) is 35.9 Å². The maximum absolute atomic E-state index is 12.2. The number of carbonyl (C=O) groups is 1. The predicted molar refractivity (Wildman–Crippen MR) is 79.2 cm³/mol. The Labute approximate surface area is 119 Å². The fourth-order valence-corrected chi connectivity index (χ4v) is 2.63. The van der Waals surface area contributed by atoms with Gasteiger partial charge in [-0.3, -0.25) is 4.79 Å². The van der Waals surface area contributed by atoms with Crippen molar-refractivity contribution in [2.75, 3.05) is 0 Å². The quantitative estimate of drug-likeness (QED) is 0.822. The molecule has 1 aromatic rings. The van der Waals surface area contributed by atoms with Crippen LogP contribution < -0.4 is 5.32 Å². The Kier molecular flexibility index (Phi) is 4.31. The van der Waals surface area contributed by atoms with Gasteiger partial charge in [-0.1, -0.05) is 36.7 Å². The van der Waals surface area contributed by atoms with Crippen LogP contribution in [0.4, 0.5) is 0 Å². The number of hydrogen-bond acceptors (Lipinski definition) is 1. The van der Waals surface area contributed by atoms with Crippen molar-refractivity contribution in [3.8, 4) is 0 Å². The summed E-state index contributed by atoms with van der Waals surface area (Å²) in [5.41, 5.74) is 1.76. The van der Waals surface area contributed by atoms with E-state index in [-0.39, 0.29) is 11.4 Å². The van der Waals surface area contributed by atoms with E-state index in [0.717, 1.165) is 41.8 Å². The van der Waals surface area contributed by atoms with E-state index in [2.05, 4.69) is 5.32 Å². The highest BCUT2D eigenvalue weighted by atomic mass is 35.5. The third-order valence-corrected chi connectivity index (χ3v) is 4.08. The molecule has 0 aromatic heterocycles. The molecule has 1 aliphatic carbocycles. The Morgan fingerprint density at radius 1 is 1.37 bits per heavy atom. The number of nitrogens with one attached hydrogen (secondary N) is 1. The topological polar surface area (TPSA) is 29.1 Å². The Bertz CT molecular complexity index is 486. The fourth-order valence-electron chi connectivity index (χ4n) is 2.50. The van der Waals surface area contributed by atoms with Crippen LogP contribution in [-0.4, -0.2) is 5.91 Å². The van der Waals surface area contributed by atoms with Crippen molar-refractivity contribution in [3.63, 3.8) is 0 Å². The smallest absolute Gasteiger partial charge is 0.247 e. The van der Waals surface area contributed by atoms with Crippen molar-refractivity contribution in [3.05, 3.63) is 46.5 Å². The third-order valence-electron chi connectivity index (χ3n) is 3.83. The van der Waals surface area contributed by atoms with Crippen LogP contribution in [0.1, 0.15) is 45.1 Å². The number of amides is 1. The molecule has 0 heterocycles. The molecular weight excluding hydrogens is 258 g/mol. The van der Waals surface area contributed by atoms with E-state index in [4.69, 9.17) is 11.6 Å². The lowest BCUT2D eigenvalue weighted by Crippen LogP contribution is -2.51. The van der Waals surface area contributed by atoms with Crippen LogP contribution in [0.3, 0.4) is 0 Å². The standard InChI is InChI=1S/C16H20ClNO/c1-3-5-12(2)15(19)18-16(10-4-11-16)13-6-8-14(17)9-7-13/h5-9H,3-4,10-11H2,1-2H3,(H,18,19)/b12-5-. The summed E-state index contributed by atoms with van der Waals surface area (Å²) in [6.45, 7) is 3.90. The summed E-state index contributed by atoms with van der Waals surface area (Å²) in [7, 11) is 0. The number of allylic oxidation sites excluding steroid dienone is 1. The van der Waals surface area contributed by atoms with Gasteiger partial charge in [0.2, 0.25) is 5.91 Å². The van der Waals surface area contributed by atoms with Gasteiger partial charge in [-0.2, -0.15) is 0 Å². The zero-order valence-electron chi connectivity index (χ0n) is 11.5. The lowest BCUT2D eigenvalue weighted by atomic mass is 9.71. The van der Waals surface area contributed by atoms with Crippen LogP contribution in [0, 0.1) is 0 Å². The minimum Gasteiger partial charge on any atom is -0.343 e. The van der Waals surface area contributed by atoms with Gasteiger partial charge in [0, 0.05) is 10.6 Å².